The highest BCUT2D eigenvalue weighted by Crippen LogP contribution is 2.24. The van der Waals surface area contributed by atoms with E-state index in [4.69, 9.17) is 9.47 Å². The second-order valence-corrected chi connectivity index (χ2v) is 24.6. The largest absolute Gasteiger partial charge is 0.394 e. The zero-order valence-corrected chi connectivity index (χ0v) is 52.3. The van der Waals surface area contributed by atoms with E-state index in [1.807, 2.05) is 0 Å². The third-order valence-electron chi connectivity index (χ3n) is 17.0. The monoisotopic (exact) mass is 1140 g/mol. The Labute approximate surface area is 493 Å². The van der Waals surface area contributed by atoms with Gasteiger partial charge in [-0.2, -0.15) is 0 Å². The molecule has 474 valence electrons. The van der Waals surface area contributed by atoms with Gasteiger partial charge in [-0.05, 0) is 51.4 Å². The Morgan fingerprint density at radius 3 is 1.11 bits per heavy atom. The molecule has 11 heteroatoms. The van der Waals surface area contributed by atoms with Crippen LogP contribution in [0.3, 0.4) is 0 Å². The summed E-state index contributed by atoms with van der Waals surface area (Å²) >= 11 is 0. The van der Waals surface area contributed by atoms with Crippen LogP contribution in [0.5, 0.6) is 0 Å². The number of unbranched alkanes of at least 4 members (excludes halogenated alkanes) is 45. The minimum Gasteiger partial charge on any atom is -0.394 e. The zero-order valence-electron chi connectivity index (χ0n) is 52.3. The molecular weight excluding hydrogens is 1000 g/mol. The molecule has 0 aliphatic carbocycles. The van der Waals surface area contributed by atoms with Gasteiger partial charge in [-0.3, -0.25) is 4.79 Å². The highest BCUT2D eigenvalue weighted by atomic mass is 16.7. The molecule has 9 unspecified atom stereocenters. The molecule has 1 saturated heterocycles. The van der Waals surface area contributed by atoms with Crippen molar-refractivity contribution in [3.63, 3.8) is 0 Å². The molecule has 0 aromatic rings. The van der Waals surface area contributed by atoms with Crippen LogP contribution in [-0.4, -0.2) is 110 Å². The van der Waals surface area contributed by atoms with Crippen LogP contribution >= 0.6 is 0 Å². The summed E-state index contributed by atoms with van der Waals surface area (Å²) in [6.45, 7) is 3.50. The van der Waals surface area contributed by atoms with Crippen molar-refractivity contribution in [3.8, 4) is 0 Å². The molecule has 0 saturated carbocycles. The van der Waals surface area contributed by atoms with Crippen LogP contribution in [0.2, 0.25) is 0 Å². The second-order valence-electron chi connectivity index (χ2n) is 24.6. The number of amides is 1. The third-order valence-corrected chi connectivity index (χ3v) is 17.0. The predicted octanol–water partition coefficient (Wildman–Crippen LogP) is 16.4. The van der Waals surface area contributed by atoms with E-state index in [1.54, 1.807) is 0 Å². The Kier molecular flexibility index (Phi) is 55.5. The molecule has 0 aromatic carbocycles. The maximum atomic E-state index is 13.2. The van der Waals surface area contributed by atoms with E-state index in [0.717, 1.165) is 38.5 Å². The number of aliphatic hydroxyl groups is 7. The van der Waals surface area contributed by atoms with Crippen molar-refractivity contribution in [2.75, 3.05) is 13.2 Å². The molecule has 0 bridgehead atoms. The molecule has 0 aromatic heterocycles. The molecule has 11 nitrogen and oxygen atoms in total. The number of hydrogen-bond acceptors (Lipinski definition) is 10. The van der Waals surface area contributed by atoms with Crippen LogP contribution in [0, 0.1) is 0 Å². The Bertz CT molecular complexity index is 1350. The smallest absolute Gasteiger partial charge is 0.249 e. The fourth-order valence-corrected chi connectivity index (χ4v) is 11.4. The minimum atomic E-state index is -1.67. The summed E-state index contributed by atoms with van der Waals surface area (Å²) in [5.74, 6) is -0.703. The molecule has 1 amide bonds. The third kappa shape index (κ3) is 45.0. The average Bonchev–Trinajstić information content (AvgIpc) is 3.47. The molecule has 1 aliphatic rings. The number of hydrogen-bond donors (Lipinski definition) is 8. The Balaban J connectivity index is 2.23. The molecule has 1 fully saturated rings. The van der Waals surface area contributed by atoms with Crippen LogP contribution < -0.4 is 5.32 Å². The average molecular weight is 1140 g/mol. The Morgan fingerprint density at radius 2 is 0.750 bits per heavy atom. The topological polar surface area (TPSA) is 189 Å². The van der Waals surface area contributed by atoms with Gasteiger partial charge in [-0.25, -0.2) is 0 Å². The van der Waals surface area contributed by atoms with Gasteiger partial charge in [-0.1, -0.05) is 314 Å². The molecule has 9 atom stereocenters. The maximum Gasteiger partial charge on any atom is 0.249 e. The van der Waals surface area contributed by atoms with Crippen molar-refractivity contribution in [2.24, 2.45) is 0 Å². The van der Waals surface area contributed by atoms with E-state index in [2.05, 4.69) is 43.5 Å². The number of carbonyl (C=O) groups is 1. The van der Waals surface area contributed by atoms with E-state index in [9.17, 15) is 40.5 Å². The molecule has 80 heavy (non-hydrogen) atoms. The zero-order chi connectivity index (χ0) is 58.2. The van der Waals surface area contributed by atoms with Crippen LogP contribution in [0.4, 0.5) is 0 Å². The number of aliphatic hydroxyl groups excluding tert-OH is 7. The van der Waals surface area contributed by atoms with Gasteiger partial charge in [0.2, 0.25) is 5.91 Å². The van der Waals surface area contributed by atoms with E-state index in [0.29, 0.717) is 19.3 Å². The van der Waals surface area contributed by atoms with Gasteiger partial charge in [0.15, 0.2) is 6.29 Å². The number of carbonyl (C=O) groups excluding carboxylic acids is 1. The first kappa shape index (κ1) is 76.6. The first-order valence-corrected chi connectivity index (χ1v) is 34.7. The summed E-state index contributed by atoms with van der Waals surface area (Å²) in [5, 5.41) is 76.4. The van der Waals surface area contributed by atoms with Crippen LogP contribution in [0.25, 0.3) is 0 Å². The normalized spacial score (nSPS) is 19.3. The SMILES string of the molecule is CCCCCCCCCCCCCCCCCC/C=C/CC/C=C/CCCC(O)C(O)C(COC1OC(CO)C(O)C(O)C1O)NC(=O)C(O)CCCCCCCCCCCCCCCCCCCCCCCCCCCCCC. The fourth-order valence-electron chi connectivity index (χ4n) is 11.4. The number of rotatable bonds is 61. The van der Waals surface area contributed by atoms with Crippen molar-refractivity contribution < 1.29 is 50.0 Å². The second kappa shape index (κ2) is 58.0. The van der Waals surface area contributed by atoms with Crippen molar-refractivity contribution in [2.45, 2.75) is 396 Å². The lowest BCUT2D eigenvalue weighted by Gasteiger charge is -2.40. The van der Waals surface area contributed by atoms with Crippen LogP contribution in [0.15, 0.2) is 24.3 Å². The van der Waals surface area contributed by atoms with E-state index in [1.165, 1.54) is 257 Å². The fraction of sp³-hybridized carbons (Fsp3) is 0.928. The van der Waals surface area contributed by atoms with Gasteiger partial charge in [0.25, 0.3) is 0 Å². The van der Waals surface area contributed by atoms with Crippen molar-refractivity contribution in [3.05, 3.63) is 24.3 Å². The lowest BCUT2D eigenvalue weighted by atomic mass is 9.98. The van der Waals surface area contributed by atoms with Crippen molar-refractivity contribution in [1.82, 2.24) is 5.32 Å². The van der Waals surface area contributed by atoms with Crippen LogP contribution in [-0.2, 0) is 14.3 Å². The van der Waals surface area contributed by atoms with Crippen LogP contribution in [0.1, 0.15) is 341 Å². The summed E-state index contributed by atoms with van der Waals surface area (Å²) in [4.78, 5) is 13.2. The number of allylic oxidation sites excluding steroid dienone is 4. The van der Waals surface area contributed by atoms with E-state index < -0.39 is 74.2 Å². The molecule has 1 heterocycles. The highest BCUT2D eigenvalue weighted by molar-refractivity contribution is 5.80. The van der Waals surface area contributed by atoms with E-state index in [-0.39, 0.29) is 12.8 Å². The molecule has 0 radical (unpaired) electrons. The summed E-state index contributed by atoms with van der Waals surface area (Å²) in [6.07, 6.45) is 61.2. The summed E-state index contributed by atoms with van der Waals surface area (Å²) in [7, 11) is 0. The number of ether oxygens (including phenoxy) is 2. The Hall–Kier alpha value is -1.41. The molecule has 1 rings (SSSR count). The molecule has 1 aliphatic heterocycles. The molecular formula is C69H133NO10. The van der Waals surface area contributed by atoms with Crippen molar-refractivity contribution >= 4 is 5.91 Å². The van der Waals surface area contributed by atoms with Gasteiger partial charge in [0.05, 0.1) is 25.4 Å². The quantitative estimate of drug-likeness (QED) is 0.0215. The maximum absolute atomic E-state index is 13.2. The lowest BCUT2D eigenvalue weighted by molar-refractivity contribution is -0.303. The van der Waals surface area contributed by atoms with Gasteiger partial charge >= 0.3 is 0 Å². The minimum absolute atomic E-state index is 0.249. The van der Waals surface area contributed by atoms with E-state index >= 15 is 0 Å². The van der Waals surface area contributed by atoms with Gasteiger partial charge in [0, 0.05) is 0 Å². The van der Waals surface area contributed by atoms with Gasteiger partial charge < -0.3 is 50.5 Å². The summed E-state index contributed by atoms with van der Waals surface area (Å²) in [5.41, 5.74) is 0. The predicted molar refractivity (Wildman–Crippen MR) is 335 cm³/mol. The Morgan fingerprint density at radius 1 is 0.425 bits per heavy atom. The summed E-state index contributed by atoms with van der Waals surface area (Å²) < 4.78 is 11.2. The van der Waals surface area contributed by atoms with Gasteiger partial charge in [0.1, 0.15) is 36.6 Å². The van der Waals surface area contributed by atoms with Crippen molar-refractivity contribution in [1.29, 1.82) is 0 Å². The highest BCUT2D eigenvalue weighted by Gasteiger charge is 2.44. The first-order chi connectivity index (χ1) is 39.2. The van der Waals surface area contributed by atoms with Gasteiger partial charge in [-0.15, -0.1) is 0 Å². The molecule has 8 N–H and O–H groups in total. The first-order valence-electron chi connectivity index (χ1n) is 34.7. The summed E-state index contributed by atoms with van der Waals surface area (Å²) in [6, 6.07) is -1.19. The molecule has 0 spiro atoms. The lowest BCUT2D eigenvalue weighted by Crippen LogP contribution is -2.60. The number of nitrogens with one attached hydrogen (secondary N) is 1. The standard InChI is InChI=1S/C69H133NO10/c1-3-5-7-9-11-13-15-17-19-21-23-25-27-29-30-31-33-35-37-39-41-43-45-47-49-51-53-55-57-62(73)68(78)70-60(59-79-69-67(77)66(76)65(75)63(58-71)80-69)64(74)61(72)56-54-52-50-48-46-44-42-40-38-36-34-32-28-26-24-22-20-18-16-14-12-10-8-6-4-2/h40,42,48,50,60-67,69,71-77H,3-39,41,43-47,49,51-59H2,1-2H3,(H,70,78)/b42-40+,50-48+.